The van der Waals surface area contributed by atoms with E-state index in [0.717, 1.165) is 16.0 Å². The molecule has 0 bridgehead atoms. The second-order valence-electron chi connectivity index (χ2n) is 4.26. The summed E-state index contributed by atoms with van der Waals surface area (Å²) < 4.78 is 0. The normalized spacial score (nSPS) is 10.3. The van der Waals surface area contributed by atoms with Gasteiger partial charge in [-0.3, -0.25) is 4.79 Å². The molecule has 0 aliphatic carbocycles. The van der Waals surface area contributed by atoms with Crippen LogP contribution in [0.1, 0.15) is 20.8 Å². The molecule has 0 atom stereocenters. The Labute approximate surface area is 110 Å². The van der Waals surface area contributed by atoms with Crippen molar-refractivity contribution >= 4 is 17.2 Å². The molecule has 1 aromatic heterocycles. The van der Waals surface area contributed by atoms with Crippen LogP contribution in [0.4, 0.5) is 0 Å². The summed E-state index contributed by atoms with van der Waals surface area (Å²) in [6.45, 7) is 2.48. The third-order valence-corrected chi connectivity index (χ3v) is 3.76. The highest BCUT2D eigenvalue weighted by Gasteiger charge is 2.15. The molecular formula is C14H15NO2S. The number of aromatic hydroxyl groups is 1. The van der Waals surface area contributed by atoms with Gasteiger partial charge in [-0.05, 0) is 41.6 Å². The van der Waals surface area contributed by atoms with Gasteiger partial charge >= 0.3 is 0 Å². The first kappa shape index (κ1) is 12.6. The fraction of sp³-hybridized carbons (Fsp3) is 0.214. The quantitative estimate of drug-likeness (QED) is 0.922. The molecule has 0 saturated carbocycles. The fourth-order valence-electron chi connectivity index (χ4n) is 1.71. The first-order valence-electron chi connectivity index (χ1n) is 5.65. The number of carbonyl (C=O) groups excluding carboxylic acids is 1. The summed E-state index contributed by atoms with van der Waals surface area (Å²) in [5.41, 5.74) is 2.01. The number of phenolic OH excluding ortho intramolecular Hbond substituents is 1. The smallest absolute Gasteiger partial charge is 0.264 e. The lowest BCUT2D eigenvalue weighted by molar-refractivity contribution is 0.0789. The number of hydrogen-bond donors (Lipinski definition) is 1. The van der Waals surface area contributed by atoms with Gasteiger partial charge in [0.15, 0.2) is 0 Å². The number of thiophene rings is 1. The maximum absolute atomic E-state index is 12.2. The number of hydrogen-bond acceptors (Lipinski definition) is 3. The van der Waals surface area contributed by atoms with Gasteiger partial charge in [0.05, 0.1) is 4.88 Å². The lowest BCUT2D eigenvalue weighted by Gasteiger charge is -2.17. The Balaban J connectivity index is 2.08. The van der Waals surface area contributed by atoms with Gasteiger partial charge in [0.25, 0.3) is 5.91 Å². The molecule has 2 aromatic rings. The molecule has 0 unspecified atom stereocenters. The largest absolute Gasteiger partial charge is 0.508 e. The van der Waals surface area contributed by atoms with Crippen LogP contribution in [-0.2, 0) is 6.54 Å². The van der Waals surface area contributed by atoms with Gasteiger partial charge in [0.1, 0.15) is 5.75 Å². The molecule has 3 nitrogen and oxygen atoms in total. The molecule has 0 spiro atoms. The molecule has 1 aromatic carbocycles. The van der Waals surface area contributed by atoms with Crippen LogP contribution in [0.3, 0.4) is 0 Å². The Kier molecular flexibility index (Phi) is 3.67. The average molecular weight is 261 g/mol. The number of carbonyl (C=O) groups is 1. The van der Waals surface area contributed by atoms with Crippen LogP contribution in [0.5, 0.6) is 5.75 Å². The van der Waals surface area contributed by atoms with Gasteiger partial charge in [0.2, 0.25) is 0 Å². The van der Waals surface area contributed by atoms with Crippen molar-refractivity contribution in [2.24, 2.45) is 0 Å². The first-order valence-corrected chi connectivity index (χ1v) is 6.53. The maximum Gasteiger partial charge on any atom is 0.264 e. The summed E-state index contributed by atoms with van der Waals surface area (Å²) in [5.74, 6) is 0.275. The Morgan fingerprint density at radius 2 is 1.94 bits per heavy atom. The van der Waals surface area contributed by atoms with Crippen molar-refractivity contribution in [2.45, 2.75) is 13.5 Å². The number of nitrogens with zero attached hydrogens (tertiary/aromatic N) is 1. The lowest BCUT2D eigenvalue weighted by Crippen LogP contribution is -2.25. The maximum atomic E-state index is 12.2. The molecule has 0 aliphatic rings. The van der Waals surface area contributed by atoms with Gasteiger partial charge in [-0.15, -0.1) is 11.3 Å². The van der Waals surface area contributed by atoms with E-state index in [2.05, 4.69) is 0 Å². The summed E-state index contributed by atoms with van der Waals surface area (Å²) in [6.07, 6.45) is 0. The molecule has 1 amide bonds. The molecule has 0 saturated heterocycles. The molecule has 4 heteroatoms. The minimum Gasteiger partial charge on any atom is -0.508 e. The lowest BCUT2D eigenvalue weighted by atomic mass is 10.2. The summed E-state index contributed by atoms with van der Waals surface area (Å²) in [4.78, 5) is 14.7. The predicted octanol–water partition coefficient (Wildman–Crippen LogP) is 3.03. The summed E-state index contributed by atoms with van der Waals surface area (Å²) in [6, 6.07) is 8.85. The van der Waals surface area contributed by atoms with E-state index in [9.17, 15) is 9.90 Å². The highest BCUT2D eigenvalue weighted by atomic mass is 32.1. The molecule has 94 valence electrons. The molecule has 0 aliphatic heterocycles. The van der Waals surface area contributed by atoms with Crippen LogP contribution < -0.4 is 0 Å². The molecule has 0 radical (unpaired) electrons. The number of amides is 1. The number of aryl methyl sites for hydroxylation is 1. The van der Waals surface area contributed by atoms with Crippen LogP contribution in [-0.4, -0.2) is 23.0 Å². The topological polar surface area (TPSA) is 40.5 Å². The van der Waals surface area contributed by atoms with E-state index >= 15 is 0 Å². The Morgan fingerprint density at radius 3 is 2.50 bits per heavy atom. The average Bonchev–Trinajstić information content (AvgIpc) is 2.77. The molecule has 1 N–H and O–H groups in total. The van der Waals surface area contributed by atoms with Gasteiger partial charge in [-0.1, -0.05) is 12.1 Å². The zero-order valence-corrected chi connectivity index (χ0v) is 11.2. The summed E-state index contributed by atoms with van der Waals surface area (Å²) in [7, 11) is 1.79. The standard InChI is InChI=1S/C14H15NO2S/c1-10-7-8-18-13(10)14(17)15(2)9-11-3-5-12(16)6-4-11/h3-8,16H,9H2,1-2H3. The van der Waals surface area contributed by atoms with Crippen molar-refractivity contribution in [3.05, 3.63) is 51.7 Å². The molecule has 2 rings (SSSR count). The summed E-state index contributed by atoms with van der Waals surface area (Å²) in [5, 5.41) is 11.1. The van der Waals surface area contributed by atoms with E-state index in [4.69, 9.17) is 0 Å². The zero-order chi connectivity index (χ0) is 13.1. The van der Waals surface area contributed by atoms with Gasteiger partial charge in [-0.2, -0.15) is 0 Å². The van der Waals surface area contributed by atoms with Gasteiger partial charge < -0.3 is 10.0 Å². The highest BCUT2D eigenvalue weighted by Crippen LogP contribution is 2.19. The molecule has 0 fully saturated rings. The minimum absolute atomic E-state index is 0.0376. The fourth-order valence-corrected chi connectivity index (χ4v) is 2.63. The summed E-state index contributed by atoms with van der Waals surface area (Å²) >= 11 is 1.47. The predicted molar refractivity (Wildman–Crippen MR) is 73.0 cm³/mol. The van der Waals surface area contributed by atoms with Crippen molar-refractivity contribution in [1.82, 2.24) is 4.90 Å². The van der Waals surface area contributed by atoms with E-state index in [-0.39, 0.29) is 11.7 Å². The van der Waals surface area contributed by atoms with Gasteiger partial charge in [0, 0.05) is 13.6 Å². The number of rotatable bonds is 3. The molecule has 18 heavy (non-hydrogen) atoms. The van der Waals surface area contributed by atoms with E-state index in [1.54, 1.807) is 24.1 Å². The molecular weight excluding hydrogens is 246 g/mol. The van der Waals surface area contributed by atoms with Crippen molar-refractivity contribution in [3.8, 4) is 5.75 Å². The highest BCUT2D eigenvalue weighted by molar-refractivity contribution is 7.12. The zero-order valence-electron chi connectivity index (χ0n) is 10.4. The van der Waals surface area contributed by atoms with Gasteiger partial charge in [-0.25, -0.2) is 0 Å². The minimum atomic E-state index is 0.0376. The van der Waals surface area contributed by atoms with E-state index in [0.29, 0.717) is 6.54 Å². The Morgan fingerprint density at radius 1 is 1.28 bits per heavy atom. The second-order valence-corrected chi connectivity index (χ2v) is 5.18. The number of benzene rings is 1. The van der Waals surface area contributed by atoms with Crippen molar-refractivity contribution in [3.63, 3.8) is 0 Å². The van der Waals surface area contributed by atoms with E-state index < -0.39 is 0 Å². The van der Waals surface area contributed by atoms with E-state index in [1.807, 2.05) is 30.5 Å². The van der Waals surface area contributed by atoms with Crippen LogP contribution in [0, 0.1) is 6.92 Å². The van der Waals surface area contributed by atoms with Crippen molar-refractivity contribution in [1.29, 1.82) is 0 Å². The molecule has 1 heterocycles. The second kappa shape index (κ2) is 5.23. The third-order valence-electron chi connectivity index (χ3n) is 2.76. The number of phenols is 1. The SMILES string of the molecule is Cc1ccsc1C(=O)N(C)Cc1ccc(O)cc1. The van der Waals surface area contributed by atoms with Crippen LogP contribution >= 0.6 is 11.3 Å². The van der Waals surface area contributed by atoms with Crippen LogP contribution in [0.15, 0.2) is 35.7 Å². The van der Waals surface area contributed by atoms with Crippen LogP contribution in [0.2, 0.25) is 0 Å². The first-order chi connectivity index (χ1) is 8.58. The van der Waals surface area contributed by atoms with Crippen molar-refractivity contribution < 1.29 is 9.90 Å². The van der Waals surface area contributed by atoms with E-state index in [1.165, 1.54) is 11.3 Å². The monoisotopic (exact) mass is 261 g/mol. The Hall–Kier alpha value is -1.81. The van der Waals surface area contributed by atoms with Crippen molar-refractivity contribution in [2.75, 3.05) is 7.05 Å². The third kappa shape index (κ3) is 2.71. The Bertz CT molecular complexity index is 545. The van der Waals surface area contributed by atoms with Crippen LogP contribution in [0.25, 0.3) is 0 Å².